The second-order valence-electron chi connectivity index (χ2n) is 4.53. The van der Waals surface area contributed by atoms with Crippen LogP contribution in [0.2, 0.25) is 0 Å². The van der Waals surface area contributed by atoms with Crippen molar-refractivity contribution in [2.45, 2.75) is 30.7 Å². The van der Waals surface area contributed by atoms with Crippen LogP contribution < -0.4 is 15.4 Å². The van der Waals surface area contributed by atoms with Gasteiger partial charge in [-0.25, -0.2) is 8.42 Å². The SMILES string of the molecule is CCNc1ccncc1S(=O)(=O)NC1CCC(=O)NC1=O. The molecule has 1 aliphatic rings. The van der Waals surface area contributed by atoms with E-state index in [1.807, 2.05) is 6.92 Å². The summed E-state index contributed by atoms with van der Waals surface area (Å²) in [5, 5.41) is 5.03. The third kappa shape index (κ3) is 3.56. The number of pyridine rings is 1. The third-order valence-electron chi connectivity index (χ3n) is 2.98. The van der Waals surface area contributed by atoms with Crippen LogP contribution in [-0.2, 0) is 19.6 Å². The van der Waals surface area contributed by atoms with Crippen LogP contribution in [-0.4, -0.2) is 37.8 Å². The van der Waals surface area contributed by atoms with Gasteiger partial charge in [-0.15, -0.1) is 0 Å². The molecular formula is C12H16N4O4S. The Morgan fingerprint density at radius 1 is 1.43 bits per heavy atom. The second-order valence-corrected chi connectivity index (χ2v) is 6.21. The molecule has 1 aliphatic heterocycles. The van der Waals surface area contributed by atoms with Crippen molar-refractivity contribution < 1.29 is 18.0 Å². The Labute approximate surface area is 122 Å². The van der Waals surface area contributed by atoms with Gasteiger partial charge in [0.2, 0.25) is 21.8 Å². The molecule has 2 rings (SSSR count). The molecule has 21 heavy (non-hydrogen) atoms. The van der Waals surface area contributed by atoms with E-state index in [2.05, 4.69) is 20.3 Å². The minimum Gasteiger partial charge on any atom is -0.384 e. The lowest BCUT2D eigenvalue weighted by atomic mass is 10.1. The molecule has 0 spiro atoms. The summed E-state index contributed by atoms with van der Waals surface area (Å²) in [5.74, 6) is -1.03. The summed E-state index contributed by atoms with van der Waals surface area (Å²) in [5.41, 5.74) is 0.410. The lowest BCUT2D eigenvalue weighted by Gasteiger charge is -2.22. The van der Waals surface area contributed by atoms with E-state index >= 15 is 0 Å². The van der Waals surface area contributed by atoms with Crippen LogP contribution in [0.25, 0.3) is 0 Å². The number of hydrogen-bond acceptors (Lipinski definition) is 6. The van der Waals surface area contributed by atoms with Gasteiger partial charge in [0.15, 0.2) is 0 Å². The first-order chi connectivity index (χ1) is 9.94. The monoisotopic (exact) mass is 312 g/mol. The second kappa shape index (κ2) is 6.19. The number of aromatic nitrogens is 1. The van der Waals surface area contributed by atoms with Crippen molar-refractivity contribution in [1.29, 1.82) is 0 Å². The Hall–Kier alpha value is -2.00. The highest BCUT2D eigenvalue weighted by Crippen LogP contribution is 2.20. The molecule has 1 unspecified atom stereocenters. The van der Waals surface area contributed by atoms with Gasteiger partial charge in [-0.3, -0.25) is 19.9 Å². The first-order valence-corrected chi connectivity index (χ1v) is 7.96. The van der Waals surface area contributed by atoms with Gasteiger partial charge in [-0.2, -0.15) is 4.72 Å². The van der Waals surface area contributed by atoms with E-state index in [1.165, 1.54) is 12.4 Å². The van der Waals surface area contributed by atoms with Crippen LogP contribution in [0.3, 0.4) is 0 Å². The fraction of sp³-hybridized carbons (Fsp3) is 0.417. The van der Waals surface area contributed by atoms with Gasteiger partial charge in [-0.05, 0) is 19.4 Å². The summed E-state index contributed by atoms with van der Waals surface area (Å²) < 4.78 is 27.0. The van der Waals surface area contributed by atoms with Crippen LogP contribution in [0.1, 0.15) is 19.8 Å². The molecule has 1 saturated heterocycles. The van der Waals surface area contributed by atoms with Crippen molar-refractivity contribution in [3.8, 4) is 0 Å². The summed E-state index contributed by atoms with van der Waals surface area (Å²) in [6.07, 6.45) is 2.93. The molecule has 2 amide bonds. The number of piperidine rings is 1. The zero-order chi connectivity index (χ0) is 15.5. The van der Waals surface area contributed by atoms with E-state index in [-0.39, 0.29) is 17.7 Å². The van der Waals surface area contributed by atoms with Crippen molar-refractivity contribution in [1.82, 2.24) is 15.0 Å². The Morgan fingerprint density at radius 3 is 2.86 bits per heavy atom. The molecule has 3 N–H and O–H groups in total. The number of sulfonamides is 1. The summed E-state index contributed by atoms with van der Waals surface area (Å²) in [6.45, 7) is 2.38. The van der Waals surface area contributed by atoms with Gasteiger partial charge in [0.25, 0.3) is 0 Å². The maximum Gasteiger partial charge on any atom is 0.244 e. The lowest BCUT2D eigenvalue weighted by Crippen LogP contribution is -2.52. The van der Waals surface area contributed by atoms with Crippen molar-refractivity contribution in [2.75, 3.05) is 11.9 Å². The van der Waals surface area contributed by atoms with Crippen LogP contribution in [0.5, 0.6) is 0 Å². The maximum atomic E-state index is 12.4. The predicted molar refractivity (Wildman–Crippen MR) is 74.9 cm³/mol. The highest BCUT2D eigenvalue weighted by Gasteiger charge is 2.31. The fourth-order valence-electron chi connectivity index (χ4n) is 1.99. The number of carbonyl (C=O) groups is 2. The van der Waals surface area contributed by atoms with E-state index in [4.69, 9.17) is 0 Å². The van der Waals surface area contributed by atoms with Gasteiger partial charge in [0.1, 0.15) is 10.9 Å². The number of nitrogens with one attached hydrogen (secondary N) is 3. The minimum absolute atomic E-state index is 0.0310. The van der Waals surface area contributed by atoms with Gasteiger partial charge < -0.3 is 5.32 Å². The topological polar surface area (TPSA) is 117 Å². The molecule has 0 saturated carbocycles. The normalized spacial score (nSPS) is 19.2. The van der Waals surface area contributed by atoms with Crippen molar-refractivity contribution >= 4 is 27.5 Å². The molecule has 1 fully saturated rings. The average molecular weight is 312 g/mol. The molecule has 0 bridgehead atoms. The minimum atomic E-state index is -3.91. The van der Waals surface area contributed by atoms with Crippen LogP contribution in [0.15, 0.2) is 23.4 Å². The van der Waals surface area contributed by atoms with Crippen molar-refractivity contribution in [3.63, 3.8) is 0 Å². The summed E-state index contributed by atoms with van der Waals surface area (Å²) in [7, 11) is -3.91. The number of anilines is 1. The number of nitrogens with zero attached hydrogens (tertiary/aromatic N) is 1. The fourth-order valence-corrected chi connectivity index (χ4v) is 3.34. The van der Waals surface area contributed by atoms with Gasteiger partial charge in [0, 0.05) is 25.4 Å². The van der Waals surface area contributed by atoms with Gasteiger partial charge in [-0.1, -0.05) is 0 Å². The highest BCUT2D eigenvalue weighted by molar-refractivity contribution is 7.89. The standard InChI is InChI=1S/C12H16N4O4S/c1-2-14-8-5-6-13-7-10(8)21(19,20)16-9-3-4-11(17)15-12(9)18/h5-7,9,16H,2-4H2,1H3,(H,13,14)(H,15,17,18). The zero-order valence-electron chi connectivity index (χ0n) is 11.4. The third-order valence-corrected chi connectivity index (χ3v) is 4.48. The molecule has 8 nitrogen and oxygen atoms in total. The average Bonchev–Trinajstić information content (AvgIpc) is 2.43. The van der Waals surface area contributed by atoms with E-state index < -0.39 is 27.9 Å². The highest BCUT2D eigenvalue weighted by atomic mass is 32.2. The Kier molecular flexibility index (Phi) is 4.53. The van der Waals surface area contributed by atoms with E-state index in [0.717, 1.165) is 0 Å². The molecule has 0 aromatic carbocycles. The molecule has 2 heterocycles. The quantitative estimate of drug-likeness (QED) is 0.637. The molecular weight excluding hydrogens is 296 g/mol. The molecule has 9 heteroatoms. The summed E-state index contributed by atoms with van der Waals surface area (Å²) in [4.78, 5) is 26.5. The number of hydrogen-bond donors (Lipinski definition) is 3. The van der Waals surface area contributed by atoms with E-state index in [0.29, 0.717) is 12.2 Å². The van der Waals surface area contributed by atoms with Crippen molar-refractivity contribution in [2.24, 2.45) is 0 Å². The Morgan fingerprint density at radius 2 is 2.19 bits per heavy atom. The molecule has 1 aromatic rings. The van der Waals surface area contributed by atoms with E-state index in [1.54, 1.807) is 6.07 Å². The number of carbonyl (C=O) groups excluding carboxylic acids is 2. The van der Waals surface area contributed by atoms with Gasteiger partial charge >= 0.3 is 0 Å². The van der Waals surface area contributed by atoms with Crippen LogP contribution in [0.4, 0.5) is 5.69 Å². The lowest BCUT2D eigenvalue weighted by molar-refractivity contribution is -0.134. The largest absolute Gasteiger partial charge is 0.384 e. The first kappa shape index (κ1) is 15.4. The van der Waals surface area contributed by atoms with Crippen molar-refractivity contribution in [3.05, 3.63) is 18.5 Å². The molecule has 114 valence electrons. The molecule has 0 radical (unpaired) electrons. The van der Waals surface area contributed by atoms with Crippen LogP contribution in [0, 0.1) is 0 Å². The molecule has 1 aromatic heterocycles. The molecule has 1 atom stereocenters. The number of imide groups is 1. The Bertz CT molecular complexity index is 659. The zero-order valence-corrected chi connectivity index (χ0v) is 12.2. The maximum absolute atomic E-state index is 12.4. The van der Waals surface area contributed by atoms with Gasteiger partial charge in [0.05, 0.1) is 5.69 Å². The molecule has 0 aliphatic carbocycles. The van der Waals surface area contributed by atoms with E-state index in [9.17, 15) is 18.0 Å². The number of amides is 2. The number of rotatable bonds is 5. The predicted octanol–water partition coefficient (Wildman–Crippen LogP) is -0.403. The first-order valence-electron chi connectivity index (χ1n) is 6.48. The summed E-state index contributed by atoms with van der Waals surface area (Å²) in [6, 6.07) is 0.588. The smallest absolute Gasteiger partial charge is 0.244 e. The Balaban J connectivity index is 2.23. The summed E-state index contributed by atoms with van der Waals surface area (Å²) >= 11 is 0. The van der Waals surface area contributed by atoms with Crippen LogP contribution >= 0.6 is 0 Å².